The number of nitrogens with zero attached hydrogens (tertiary/aromatic N) is 1. The summed E-state index contributed by atoms with van der Waals surface area (Å²) in [5.41, 5.74) is 2.52. The Morgan fingerprint density at radius 3 is 2.76 bits per heavy atom. The topological polar surface area (TPSA) is 21.7 Å². The third-order valence-electron chi connectivity index (χ3n) is 4.47. The normalized spacial score (nSPS) is 18.7. The lowest BCUT2D eigenvalue weighted by molar-refractivity contribution is 0.0533. The number of halogens is 1. The number of ether oxygens (including phenoxy) is 2. The Balaban J connectivity index is 1.64. The average Bonchev–Trinajstić information content (AvgIpc) is 2.84. The lowest BCUT2D eigenvalue weighted by Gasteiger charge is -2.24. The van der Waals surface area contributed by atoms with Crippen LogP contribution >= 0.6 is 11.6 Å². The molecule has 25 heavy (non-hydrogen) atoms. The maximum atomic E-state index is 6.11. The Hall–Kier alpha value is -1.55. The molecule has 1 aliphatic heterocycles. The minimum atomic E-state index is 0.191. The first-order valence-electron chi connectivity index (χ1n) is 9.03. The second kappa shape index (κ2) is 9.23. The smallest absolute Gasteiger partial charge is 0.122 e. The van der Waals surface area contributed by atoms with Gasteiger partial charge in [-0.25, -0.2) is 0 Å². The average molecular weight is 360 g/mol. The third-order valence-corrected chi connectivity index (χ3v) is 4.73. The van der Waals surface area contributed by atoms with Crippen molar-refractivity contribution in [2.24, 2.45) is 0 Å². The zero-order chi connectivity index (χ0) is 17.5. The molecule has 1 heterocycles. The summed E-state index contributed by atoms with van der Waals surface area (Å²) in [5.74, 6) is 0.974. The number of hydrogen-bond acceptors (Lipinski definition) is 3. The van der Waals surface area contributed by atoms with E-state index in [1.165, 1.54) is 11.1 Å². The van der Waals surface area contributed by atoms with E-state index in [1.54, 1.807) is 0 Å². The van der Waals surface area contributed by atoms with Crippen LogP contribution in [0.2, 0.25) is 5.02 Å². The van der Waals surface area contributed by atoms with Crippen LogP contribution in [0.4, 0.5) is 0 Å². The van der Waals surface area contributed by atoms with Crippen molar-refractivity contribution in [2.75, 3.05) is 26.3 Å². The summed E-state index contributed by atoms with van der Waals surface area (Å²) < 4.78 is 11.9. The zero-order valence-corrected chi connectivity index (χ0v) is 15.5. The molecule has 2 aromatic rings. The summed E-state index contributed by atoms with van der Waals surface area (Å²) in [5, 5.41) is 0.786. The van der Waals surface area contributed by atoms with Crippen molar-refractivity contribution in [2.45, 2.75) is 32.4 Å². The molecular weight excluding hydrogens is 334 g/mol. The first-order valence-corrected chi connectivity index (χ1v) is 9.41. The molecule has 134 valence electrons. The Labute approximate surface area is 155 Å². The van der Waals surface area contributed by atoms with E-state index in [1.807, 2.05) is 31.2 Å². The molecule has 0 aromatic heterocycles. The fraction of sp³-hybridized carbons (Fsp3) is 0.429. The minimum absolute atomic E-state index is 0.191. The van der Waals surface area contributed by atoms with E-state index < -0.39 is 0 Å². The van der Waals surface area contributed by atoms with Gasteiger partial charge in [0.2, 0.25) is 0 Å². The van der Waals surface area contributed by atoms with Gasteiger partial charge >= 0.3 is 0 Å². The quantitative estimate of drug-likeness (QED) is 0.754. The lowest BCUT2D eigenvalue weighted by Crippen LogP contribution is -2.32. The molecule has 0 bridgehead atoms. The van der Waals surface area contributed by atoms with E-state index >= 15 is 0 Å². The SMILES string of the molecule is CCOc1ccccc1CC1CN(Cc2ccc(Cl)cc2)CCCO1. The Kier molecular flexibility index (Phi) is 6.74. The molecule has 1 aliphatic rings. The highest BCUT2D eigenvalue weighted by atomic mass is 35.5. The summed E-state index contributed by atoms with van der Waals surface area (Å²) in [6.07, 6.45) is 2.14. The van der Waals surface area contributed by atoms with Gasteiger partial charge in [-0.05, 0) is 42.7 Å². The Morgan fingerprint density at radius 2 is 1.96 bits per heavy atom. The Bertz CT molecular complexity index is 659. The zero-order valence-electron chi connectivity index (χ0n) is 14.8. The largest absolute Gasteiger partial charge is 0.494 e. The standard InChI is InChI=1S/C21H26ClNO2/c1-2-24-21-7-4-3-6-18(21)14-20-16-23(12-5-13-25-20)15-17-8-10-19(22)11-9-17/h3-4,6-11,20H,2,5,12-16H2,1H3. The van der Waals surface area contributed by atoms with E-state index in [2.05, 4.69) is 29.2 Å². The van der Waals surface area contributed by atoms with Crippen molar-refractivity contribution < 1.29 is 9.47 Å². The number of benzene rings is 2. The summed E-state index contributed by atoms with van der Waals surface area (Å²) in [6.45, 7) is 6.45. The van der Waals surface area contributed by atoms with Crippen LogP contribution in [0.25, 0.3) is 0 Å². The molecule has 0 saturated carbocycles. The summed E-state index contributed by atoms with van der Waals surface area (Å²) in [4.78, 5) is 2.48. The number of para-hydroxylation sites is 1. The van der Waals surface area contributed by atoms with Gasteiger partial charge in [-0.2, -0.15) is 0 Å². The van der Waals surface area contributed by atoms with Crippen LogP contribution in [0, 0.1) is 0 Å². The van der Waals surface area contributed by atoms with Crippen molar-refractivity contribution >= 4 is 11.6 Å². The first-order chi connectivity index (χ1) is 12.2. The molecule has 1 atom stereocenters. The van der Waals surface area contributed by atoms with Crippen molar-refractivity contribution in [3.63, 3.8) is 0 Å². The number of hydrogen-bond donors (Lipinski definition) is 0. The molecule has 3 nitrogen and oxygen atoms in total. The van der Waals surface area contributed by atoms with Gasteiger partial charge in [-0.15, -0.1) is 0 Å². The maximum absolute atomic E-state index is 6.11. The molecule has 1 saturated heterocycles. The van der Waals surface area contributed by atoms with E-state index in [0.717, 1.165) is 49.9 Å². The third kappa shape index (κ3) is 5.46. The second-order valence-corrected chi connectivity index (χ2v) is 6.89. The lowest BCUT2D eigenvalue weighted by atomic mass is 10.1. The minimum Gasteiger partial charge on any atom is -0.494 e. The van der Waals surface area contributed by atoms with Crippen LogP contribution < -0.4 is 4.74 Å². The van der Waals surface area contributed by atoms with Crippen LogP contribution in [0.3, 0.4) is 0 Å². The van der Waals surface area contributed by atoms with Crippen molar-refractivity contribution in [1.29, 1.82) is 0 Å². The van der Waals surface area contributed by atoms with Gasteiger partial charge in [0.05, 0.1) is 12.7 Å². The van der Waals surface area contributed by atoms with Gasteiger partial charge in [0.25, 0.3) is 0 Å². The van der Waals surface area contributed by atoms with Gasteiger partial charge in [0, 0.05) is 37.7 Å². The van der Waals surface area contributed by atoms with Gasteiger partial charge < -0.3 is 9.47 Å². The predicted molar refractivity (Wildman–Crippen MR) is 102 cm³/mol. The predicted octanol–water partition coefficient (Wildman–Crippen LogP) is 4.57. The van der Waals surface area contributed by atoms with Crippen LogP contribution in [-0.4, -0.2) is 37.3 Å². The van der Waals surface area contributed by atoms with Crippen LogP contribution in [-0.2, 0) is 17.7 Å². The highest BCUT2D eigenvalue weighted by molar-refractivity contribution is 6.30. The maximum Gasteiger partial charge on any atom is 0.122 e. The molecule has 3 rings (SSSR count). The van der Waals surface area contributed by atoms with Crippen molar-refractivity contribution in [3.05, 3.63) is 64.7 Å². The molecule has 0 spiro atoms. The van der Waals surface area contributed by atoms with Crippen LogP contribution in [0.1, 0.15) is 24.5 Å². The second-order valence-electron chi connectivity index (χ2n) is 6.45. The fourth-order valence-electron chi connectivity index (χ4n) is 3.30. The molecule has 0 radical (unpaired) electrons. The molecule has 4 heteroatoms. The van der Waals surface area contributed by atoms with Crippen molar-refractivity contribution in [3.8, 4) is 5.75 Å². The molecule has 1 unspecified atom stereocenters. The first kappa shape index (κ1) is 18.2. The summed E-state index contributed by atoms with van der Waals surface area (Å²) >= 11 is 5.99. The highest BCUT2D eigenvalue weighted by Crippen LogP contribution is 2.22. The van der Waals surface area contributed by atoms with Gasteiger partial charge in [0.15, 0.2) is 0 Å². The molecule has 0 amide bonds. The highest BCUT2D eigenvalue weighted by Gasteiger charge is 2.20. The van der Waals surface area contributed by atoms with Crippen LogP contribution in [0.5, 0.6) is 5.75 Å². The van der Waals surface area contributed by atoms with Crippen LogP contribution in [0.15, 0.2) is 48.5 Å². The van der Waals surface area contributed by atoms with Gasteiger partial charge in [-0.3, -0.25) is 4.90 Å². The molecule has 2 aromatic carbocycles. The van der Waals surface area contributed by atoms with E-state index in [-0.39, 0.29) is 6.10 Å². The molecular formula is C21H26ClNO2. The van der Waals surface area contributed by atoms with Gasteiger partial charge in [0.1, 0.15) is 5.75 Å². The molecule has 1 fully saturated rings. The van der Waals surface area contributed by atoms with Crippen molar-refractivity contribution in [1.82, 2.24) is 4.90 Å². The Morgan fingerprint density at radius 1 is 1.16 bits per heavy atom. The number of rotatable bonds is 6. The molecule has 0 aliphatic carbocycles. The van der Waals surface area contributed by atoms with Gasteiger partial charge in [-0.1, -0.05) is 41.9 Å². The monoisotopic (exact) mass is 359 g/mol. The summed E-state index contributed by atoms with van der Waals surface area (Å²) in [6, 6.07) is 16.4. The van der Waals surface area contributed by atoms with E-state index in [0.29, 0.717) is 6.61 Å². The summed E-state index contributed by atoms with van der Waals surface area (Å²) in [7, 11) is 0. The van der Waals surface area contributed by atoms with E-state index in [9.17, 15) is 0 Å². The fourth-order valence-corrected chi connectivity index (χ4v) is 3.43. The van der Waals surface area contributed by atoms with E-state index in [4.69, 9.17) is 21.1 Å². The molecule has 0 N–H and O–H groups in total.